The largest absolute Gasteiger partial charge is 0.448 e. The number of anilines is 3. The molecule has 3 aromatic rings. The van der Waals surface area contributed by atoms with Crippen LogP contribution in [0.4, 0.5) is 17.3 Å². The van der Waals surface area contributed by atoms with Gasteiger partial charge in [0.1, 0.15) is 15.9 Å². The summed E-state index contributed by atoms with van der Waals surface area (Å²) in [5, 5.41) is 15.5. The van der Waals surface area contributed by atoms with E-state index in [1.807, 2.05) is 0 Å². The van der Waals surface area contributed by atoms with E-state index in [0.717, 1.165) is 5.69 Å². The zero-order chi connectivity index (χ0) is 20.1. The van der Waals surface area contributed by atoms with E-state index in [-0.39, 0.29) is 10.0 Å². The van der Waals surface area contributed by atoms with Crippen LogP contribution in [0.2, 0.25) is 5.15 Å². The highest BCUT2D eigenvalue weighted by molar-refractivity contribution is 7.92. The monoisotopic (exact) mass is 420 g/mol. The minimum absolute atomic E-state index is 0.0461. The number of furan rings is 1. The minimum atomic E-state index is -3.88. The van der Waals surface area contributed by atoms with Crippen molar-refractivity contribution in [1.82, 2.24) is 9.78 Å². The summed E-state index contributed by atoms with van der Waals surface area (Å²) in [4.78, 5) is 1.70. The summed E-state index contributed by atoms with van der Waals surface area (Å²) < 4.78 is 34.5. The van der Waals surface area contributed by atoms with Gasteiger partial charge in [0, 0.05) is 18.4 Å². The van der Waals surface area contributed by atoms with Crippen LogP contribution >= 0.6 is 11.6 Å². The Balaban J connectivity index is 1.57. The number of rotatable bonds is 4. The van der Waals surface area contributed by atoms with E-state index < -0.39 is 10.0 Å². The van der Waals surface area contributed by atoms with Crippen molar-refractivity contribution in [2.75, 3.05) is 21.6 Å². The molecule has 0 atom stereocenters. The number of fused-ring (bicyclic) bond motifs is 1. The predicted octanol–water partition coefficient (Wildman–Crippen LogP) is 2.99. The second-order valence-corrected chi connectivity index (χ2v) is 8.23. The maximum atomic E-state index is 12.7. The first-order valence-corrected chi connectivity index (χ1v) is 10.1. The number of nitrogens with one attached hydrogen (secondary N) is 3. The topological polar surface area (TPSA) is 116 Å². The molecule has 2 aromatic heterocycles. The molecule has 0 saturated carbocycles. The number of hydrogen-bond donors (Lipinski definition) is 3. The van der Waals surface area contributed by atoms with Gasteiger partial charge in [-0.05, 0) is 37.3 Å². The summed E-state index contributed by atoms with van der Waals surface area (Å²) in [7, 11) is -2.30. The van der Waals surface area contributed by atoms with Crippen molar-refractivity contribution >= 4 is 44.7 Å². The first-order valence-electron chi connectivity index (χ1n) is 8.28. The summed E-state index contributed by atoms with van der Waals surface area (Å²) in [5.74, 6) is 0.864. The van der Waals surface area contributed by atoms with Crippen LogP contribution < -0.4 is 14.9 Å². The number of aromatic nitrogens is 2. The summed E-state index contributed by atoms with van der Waals surface area (Å²) in [6.45, 7) is 1.96. The Bertz CT molecular complexity index is 1170. The van der Waals surface area contributed by atoms with Crippen LogP contribution in [0, 0.1) is 12.3 Å². The molecule has 11 heteroatoms. The molecule has 1 aromatic carbocycles. The summed E-state index contributed by atoms with van der Waals surface area (Å²) in [6, 6.07) is 8.45. The average Bonchev–Trinajstić information content (AvgIpc) is 3.21. The van der Waals surface area contributed by atoms with Crippen molar-refractivity contribution in [3.63, 3.8) is 0 Å². The van der Waals surface area contributed by atoms with E-state index in [0.29, 0.717) is 35.3 Å². The van der Waals surface area contributed by atoms with Crippen LogP contribution in [0.1, 0.15) is 11.3 Å². The smallest absolute Gasteiger partial charge is 0.266 e. The van der Waals surface area contributed by atoms with Gasteiger partial charge in [0.15, 0.2) is 0 Å². The highest BCUT2D eigenvalue weighted by Crippen LogP contribution is 2.29. The summed E-state index contributed by atoms with van der Waals surface area (Å²) >= 11 is 6.08. The molecular formula is C17H17ClN6O3S. The van der Waals surface area contributed by atoms with Crippen molar-refractivity contribution in [1.29, 1.82) is 5.41 Å². The first-order chi connectivity index (χ1) is 13.3. The molecule has 146 valence electrons. The highest BCUT2D eigenvalue weighted by atomic mass is 35.5. The predicted molar refractivity (Wildman–Crippen MR) is 107 cm³/mol. The zero-order valence-corrected chi connectivity index (χ0v) is 16.6. The van der Waals surface area contributed by atoms with Gasteiger partial charge in [0.05, 0.1) is 24.2 Å². The molecule has 0 amide bonds. The third-order valence-electron chi connectivity index (χ3n) is 4.39. The molecule has 0 unspecified atom stereocenters. The van der Waals surface area contributed by atoms with Crippen LogP contribution in [-0.4, -0.2) is 30.7 Å². The Morgan fingerprint density at radius 3 is 2.64 bits per heavy atom. The van der Waals surface area contributed by atoms with Crippen molar-refractivity contribution in [3.8, 4) is 0 Å². The molecular weight excluding hydrogens is 404 g/mol. The number of halogens is 1. The standard InChI is InChI=1S/C17H17ClN6O3S/c1-10-14(15(18)23(2)21-10)28(25,26)22-11-3-5-12(6-4-11)24-9-20-17-13(16(24)19)7-8-27-17/h3-8,19-20,22H,9H2,1-2H3. The number of sulfonamides is 1. The molecule has 4 rings (SSSR count). The van der Waals surface area contributed by atoms with Gasteiger partial charge in [-0.1, -0.05) is 11.6 Å². The van der Waals surface area contributed by atoms with E-state index >= 15 is 0 Å². The van der Waals surface area contributed by atoms with Crippen molar-refractivity contribution in [3.05, 3.63) is 53.0 Å². The van der Waals surface area contributed by atoms with Crippen LogP contribution in [0.15, 0.2) is 45.9 Å². The number of amidine groups is 1. The van der Waals surface area contributed by atoms with Gasteiger partial charge in [0.25, 0.3) is 10.0 Å². The van der Waals surface area contributed by atoms with E-state index in [1.54, 1.807) is 49.2 Å². The van der Waals surface area contributed by atoms with Crippen LogP contribution in [0.25, 0.3) is 0 Å². The minimum Gasteiger partial charge on any atom is -0.448 e. The molecule has 9 nitrogen and oxygen atoms in total. The Hall–Kier alpha value is -2.98. The van der Waals surface area contributed by atoms with Gasteiger partial charge in [0.2, 0.25) is 5.88 Å². The normalized spacial score (nSPS) is 14.0. The number of aryl methyl sites for hydroxylation is 2. The van der Waals surface area contributed by atoms with Crippen molar-refractivity contribution in [2.24, 2.45) is 7.05 Å². The Morgan fingerprint density at radius 1 is 1.29 bits per heavy atom. The van der Waals surface area contributed by atoms with Gasteiger partial charge in [-0.3, -0.25) is 14.8 Å². The van der Waals surface area contributed by atoms with E-state index in [4.69, 9.17) is 21.4 Å². The van der Waals surface area contributed by atoms with E-state index in [2.05, 4.69) is 15.1 Å². The molecule has 3 N–H and O–H groups in total. The number of hydrogen-bond acceptors (Lipinski definition) is 6. The summed E-state index contributed by atoms with van der Waals surface area (Å²) in [5.41, 5.74) is 2.10. The van der Waals surface area contributed by atoms with Crippen molar-refractivity contribution < 1.29 is 12.8 Å². The molecule has 0 bridgehead atoms. The molecule has 1 aliphatic heterocycles. The maximum absolute atomic E-state index is 12.7. The first kappa shape index (κ1) is 18.4. The number of benzene rings is 1. The average molecular weight is 421 g/mol. The van der Waals surface area contributed by atoms with Gasteiger partial charge >= 0.3 is 0 Å². The Kier molecular flexibility index (Phi) is 4.31. The molecule has 0 radical (unpaired) electrons. The van der Waals surface area contributed by atoms with Crippen LogP contribution in [0.3, 0.4) is 0 Å². The molecule has 0 spiro atoms. The fraction of sp³-hybridized carbons (Fsp3) is 0.176. The fourth-order valence-electron chi connectivity index (χ4n) is 3.06. The molecule has 0 fully saturated rings. The van der Waals surface area contributed by atoms with Crippen LogP contribution in [0.5, 0.6) is 0 Å². The second kappa shape index (κ2) is 6.57. The lowest BCUT2D eigenvalue weighted by Crippen LogP contribution is -2.39. The Morgan fingerprint density at radius 2 is 2.00 bits per heavy atom. The van der Waals surface area contributed by atoms with E-state index in [9.17, 15) is 8.42 Å². The molecule has 0 aliphatic carbocycles. The van der Waals surface area contributed by atoms with Gasteiger partial charge < -0.3 is 14.6 Å². The fourth-order valence-corrected chi connectivity index (χ4v) is 4.87. The quantitative estimate of drug-likeness (QED) is 0.597. The van der Waals surface area contributed by atoms with Gasteiger partial charge in [-0.15, -0.1) is 0 Å². The lowest BCUT2D eigenvalue weighted by molar-refractivity contribution is 0.577. The molecule has 3 heterocycles. The highest BCUT2D eigenvalue weighted by Gasteiger charge is 2.26. The van der Waals surface area contributed by atoms with E-state index in [1.165, 1.54) is 10.9 Å². The molecule has 1 aliphatic rings. The lowest BCUT2D eigenvalue weighted by atomic mass is 10.2. The maximum Gasteiger partial charge on any atom is 0.266 e. The SMILES string of the molecule is Cc1nn(C)c(Cl)c1S(=O)(=O)Nc1ccc(N2CNc3occc3C2=N)cc1. The molecule has 0 saturated heterocycles. The molecule has 28 heavy (non-hydrogen) atoms. The van der Waals surface area contributed by atoms with Gasteiger partial charge in [-0.25, -0.2) is 8.42 Å². The van der Waals surface area contributed by atoms with Gasteiger partial charge in [-0.2, -0.15) is 5.10 Å². The third kappa shape index (κ3) is 3.00. The van der Waals surface area contributed by atoms with Crippen molar-refractivity contribution in [2.45, 2.75) is 11.8 Å². The second-order valence-electron chi connectivity index (χ2n) is 6.26. The lowest BCUT2D eigenvalue weighted by Gasteiger charge is -2.29. The Labute approximate surface area is 166 Å². The van der Waals surface area contributed by atoms with Crippen LogP contribution in [-0.2, 0) is 17.1 Å². The zero-order valence-electron chi connectivity index (χ0n) is 15.0. The third-order valence-corrected chi connectivity index (χ3v) is 6.46. The number of nitrogens with zero attached hydrogens (tertiary/aromatic N) is 3. The summed E-state index contributed by atoms with van der Waals surface area (Å²) in [6.07, 6.45) is 1.53.